The van der Waals surface area contributed by atoms with Crippen molar-refractivity contribution in [2.45, 2.75) is 0 Å². The first-order valence-electron chi connectivity index (χ1n) is 5.72. The van der Waals surface area contributed by atoms with E-state index < -0.39 is 11.8 Å². The third-order valence-corrected chi connectivity index (χ3v) is 3.35. The molecule has 0 aliphatic carbocycles. The zero-order valence-corrected chi connectivity index (χ0v) is 13.2. The largest absolute Gasteiger partial charge is 0.465 e. The maximum Gasteiger partial charge on any atom is 0.341 e. The fraction of sp³-hybridized carbons (Fsp3) is 0.0714. The first kappa shape index (κ1) is 15.6. The third-order valence-electron chi connectivity index (χ3n) is 2.58. The second kappa shape index (κ2) is 6.32. The molecule has 0 fully saturated rings. The van der Waals surface area contributed by atoms with Gasteiger partial charge in [-0.3, -0.25) is 0 Å². The van der Waals surface area contributed by atoms with Crippen LogP contribution in [-0.2, 0) is 4.74 Å². The van der Waals surface area contributed by atoms with Crippen molar-refractivity contribution >= 4 is 39.2 Å². The number of halogens is 3. The molecule has 0 aromatic heterocycles. The first-order valence-corrected chi connectivity index (χ1v) is 6.89. The molecule has 2 N–H and O–H groups in total. The number of rotatable bonds is 3. The summed E-state index contributed by atoms with van der Waals surface area (Å²) in [5.41, 5.74) is 5.92. The number of nitrogen functional groups attached to an aromatic ring is 1. The molecule has 21 heavy (non-hydrogen) atoms. The molecule has 0 atom stereocenters. The van der Waals surface area contributed by atoms with Crippen molar-refractivity contribution in [3.8, 4) is 11.5 Å². The Morgan fingerprint density at radius 3 is 2.71 bits per heavy atom. The standard InChI is InChI=1S/C14H10BrClFNO3/c1-20-14(19)9-5-8(18)6-10(16)13(9)21-12-4-7(15)2-3-11(12)17/h2-6H,18H2,1H3. The Morgan fingerprint density at radius 1 is 1.33 bits per heavy atom. The highest BCUT2D eigenvalue weighted by Gasteiger charge is 2.19. The van der Waals surface area contributed by atoms with E-state index in [4.69, 9.17) is 22.1 Å². The van der Waals surface area contributed by atoms with Gasteiger partial charge in [-0.2, -0.15) is 0 Å². The van der Waals surface area contributed by atoms with Crippen molar-refractivity contribution in [2.75, 3.05) is 12.8 Å². The highest BCUT2D eigenvalue weighted by Crippen LogP contribution is 2.37. The second-order valence-corrected chi connectivity index (χ2v) is 5.37. The smallest absolute Gasteiger partial charge is 0.341 e. The van der Waals surface area contributed by atoms with Gasteiger partial charge in [0.05, 0.1) is 12.1 Å². The summed E-state index contributed by atoms with van der Waals surface area (Å²) in [6.07, 6.45) is 0. The lowest BCUT2D eigenvalue weighted by molar-refractivity contribution is 0.0598. The van der Waals surface area contributed by atoms with Gasteiger partial charge in [-0.05, 0) is 30.3 Å². The summed E-state index contributed by atoms with van der Waals surface area (Å²) < 4.78 is 24.4. The van der Waals surface area contributed by atoms with Gasteiger partial charge in [0.25, 0.3) is 0 Å². The summed E-state index contributed by atoms with van der Waals surface area (Å²) in [4.78, 5) is 11.8. The van der Waals surface area contributed by atoms with Gasteiger partial charge in [0.1, 0.15) is 5.56 Å². The van der Waals surface area contributed by atoms with Crippen molar-refractivity contribution in [3.63, 3.8) is 0 Å². The zero-order chi connectivity index (χ0) is 15.6. The molecule has 0 heterocycles. The first-order chi connectivity index (χ1) is 9.92. The maximum absolute atomic E-state index is 13.8. The highest BCUT2D eigenvalue weighted by atomic mass is 79.9. The van der Waals surface area contributed by atoms with E-state index in [-0.39, 0.29) is 27.8 Å². The third kappa shape index (κ3) is 3.46. The fourth-order valence-corrected chi connectivity index (χ4v) is 2.25. The normalized spacial score (nSPS) is 10.3. The molecule has 0 bridgehead atoms. The number of hydrogen-bond donors (Lipinski definition) is 1. The monoisotopic (exact) mass is 373 g/mol. The van der Waals surface area contributed by atoms with Gasteiger partial charge in [-0.25, -0.2) is 9.18 Å². The minimum Gasteiger partial charge on any atom is -0.465 e. The lowest BCUT2D eigenvalue weighted by atomic mass is 10.1. The molecule has 2 aromatic carbocycles. The van der Waals surface area contributed by atoms with Gasteiger partial charge < -0.3 is 15.2 Å². The number of nitrogens with two attached hydrogens (primary N) is 1. The SMILES string of the molecule is COC(=O)c1cc(N)cc(Cl)c1Oc1cc(Br)ccc1F. The molecular weight excluding hydrogens is 365 g/mol. The Kier molecular flexibility index (Phi) is 4.69. The molecule has 0 aliphatic rings. The van der Waals surface area contributed by atoms with Crippen molar-refractivity contribution < 1.29 is 18.7 Å². The minimum atomic E-state index is -0.686. The summed E-state index contributed by atoms with van der Waals surface area (Å²) >= 11 is 9.24. The molecule has 110 valence electrons. The van der Waals surface area contributed by atoms with E-state index in [9.17, 15) is 9.18 Å². The average Bonchev–Trinajstić information content (AvgIpc) is 2.44. The predicted molar refractivity (Wildman–Crippen MR) is 81.4 cm³/mol. The Balaban J connectivity index is 2.53. The summed E-state index contributed by atoms with van der Waals surface area (Å²) in [5, 5.41) is 0.0785. The topological polar surface area (TPSA) is 61.5 Å². The van der Waals surface area contributed by atoms with E-state index in [2.05, 4.69) is 20.7 Å². The van der Waals surface area contributed by atoms with Gasteiger partial charge in [0.2, 0.25) is 0 Å². The summed E-state index contributed by atoms with van der Waals surface area (Å²) in [6.45, 7) is 0. The van der Waals surface area contributed by atoms with Crippen LogP contribution in [0.1, 0.15) is 10.4 Å². The van der Waals surface area contributed by atoms with Gasteiger partial charge in [-0.1, -0.05) is 27.5 Å². The number of benzene rings is 2. The van der Waals surface area contributed by atoms with E-state index >= 15 is 0 Å². The highest BCUT2D eigenvalue weighted by molar-refractivity contribution is 9.10. The molecule has 0 amide bonds. The van der Waals surface area contributed by atoms with Gasteiger partial charge >= 0.3 is 5.97 Å². The molecule has 0 spiro atoms. The van der Waals surface area contributed by atoms with E-state index in [1.54, 1.807) is 0 Å². The van der Waals surface area contributed by atoms with E-state index in [1.165, 1.54) is 37.4 Å². The number of carbonyl (C=O) groups excluding carboxylic acids is 1. The van der Waals surface area contributed by atoms with E-state index in [0.29, 0.717) is 4.47 Å². The van der Waals surface area contributed by atoms with Crippen LogP contribution in [0.3, 0.4) is 0 Å². The molecular formula is C14H10BrClFNO3. The van der Waals surface area contributed by atoms with Crippen molar-refractivity contribution in [2.24, 2.45) is 0 Å². The molecule has 2 rings (SSSR count). The van der Waals surface area contributed by atoms with Crippen molar-refractivity contribution in [1.29, 1.82) is 0 Å². The lowest BCUT2D eigenvalue weighted by Gasteiger charge is -2.13. The van der Waals surface area contributed by atoms with E-state index in [0.717, 1.165) is 0 Å². The molecule has 0 saturated heterocycles. The number of methoxy groups -OCH3 is 1. The van der Waals surface area contributed by atoms with Gasteiger partial charge in [0.15, 0.2) is 17.3 Å². The summed E-state index contributed by atoms with van der Waals surface area (Å²) in [6, 6.07) is 6.92. The number of hydrogen-bond acceptors (Lipinski definition) is 4. The van der Waals surface area contributed by atoms with Crippen LogP contribution in [0, 0.1) is 5.82 Å². The van der Waals surface area contributed by atoms with Crippen LogP contribution >= 0.6 is 27.5 Å². The second-order valence-electron chi connectivity index (χ2n) is 4.05. The lowest BCUT2D eigenvalue weighted by Crippen LogP contribution is -2.06. The molecule has 0 radical (unpaired) electrons. The van der Waals surface area contributed by atoms with Crippen LogP contribution in [-0.4, -0.2) is 13.1 Å². The van der Waals surface area contributed by atoms with Crippen molar-refractivity contribution in [1.82, 2.24) is 0 Å². The van der Waals surface area contributed by atoms with E-state index in [1.807, 2.05) is 0 Å². The molecule has 0 aliphatic heterocycles. The maximum atomic E-state index is 13.8. The van der Waals surface area contributed by atoms with Crippen LogP contribution in [0.2, 0.25) is 5.02 Å². The minimum absolute atomic E-state index is 0.0156. The van der Waals surface area contributed by atoms with Crippen LogP contribution in [0.25, 0.3) is 0 Å². The van der Waals surface area contributed by atoms with Gasteiger partial charge in [0, 0.05) is 10.2 Å². The Hall–Kier alpha value is -1.79. The number of anilines is 1. The van der Waals surface area contributed by atoms with Crippen LogP contribution in [0.4, 0.5) is 10.1 Å². The zero-order valence-electron chi connectivity index (χ0n) is 10.8. The van der Waals surface area contributed by atoms with Crippen LogP contribution in [0.15, 0.2) is 34.8 Å². The van der Waals surface area contributed by atoms with Crippen molar-refractivity contribution in [3.05, 3.63) is 51.2 Å². The number of carbonyl (C=O) groups is 1. The molecule has 2 aromatic rings. The Labute approximate surface area is 133 Å². The van der Waals surface area contributed by atoms with Gasteiger partial charge in [-0.15, -0.1) is 0 Å². The Morgan fingerprint density at radius 2 is 2.05 bits per heavy atom. The Bertz CT molecular complexity index is 709. The fourth-order valence-electron chi connectivity index (χ4n) is 1.65. The average molecular weight is 375 g/mol. The number of ether oxygens (including phenoxy) is 2. The molecule has 4 nitrogen and oxygen atoms in total. The molecule has 7 heteroatoms. The quantitative estimate of drug-likeness (QED) is 0.639. The summed E-state index contributed by atoms with van der Waals surface area (Å²) in [5.74, 6) is -1.38. The number of esters is 1. The molecule has 0 unspecified atom stereocenters. The van der Waals surface area contributed by atoms with Crippen LogP contribution < -0.4 is 10.5 Å². The van der Waals surface area contributed by atoms with Crippen LogP contribution in [0.5, 0.6) is 11.5 Å². The molecule has 0 saturated carbocycles. The summed E-state index contributed by atoms with van der Waals surface area (Å²) in [7, 11) is 1.21. The predicted octanol–water partition coefficient (Wildman–Crippen LogP) is 4.40.